The first-order valence-corrected chi connectivity index (χ1v) is 10.3. The number of aromatic nitrogens is 2. The fraction of sp³-hybridized carbons (Fsp3) is 0.0909. The predicted octanol–water partition coefficient (Wildman–Crippen LogP) is 3.49. The molecule has 0 bridgehead atoms. The molecule has 2 amide bonds. The van der Waals surface area contributed by atoms with E-state index >= 15 is 0 Å². The SMILES string of the molecule is Cc1nc2sccn2c1C(=O)N/N=C\c1ccc(OCC(=O)Nc2ccccc2)cc1. The van der Waals surface area contributed by atoms with Crippen LogP contribution >= 0.6 is 11.3 Å². The van der Waals surface area contributed by atoms with E-state index in [1.54, 1.807) is 41.8 Å². The number of imidazole rings is 1. The van der Waals surface area contributed by atoms with Crippen LogP contribution in [0.25, 0.3) is 4.96 Å². The van der Waals surface area contributed by atoms with Crippen LogP contribution in [0.2, 0.25) is 0 Å². The van der Waals surface area contributed by atoms with E-state index in [0.29, 0.717) is 17.1 Å². The van der Waals surface area contributed by atoms with Gasteiger partial charge in [-0.2, -0.15) is 5.10 Å². The van der Waals surface area contributed by atoms with Crippen LogP contribution in [0.3, 0.4) is 0 Å². The summed E-state index contributed by atoms with van der Waals surface area (Å²) in [4.78, 5) is 29.5. The molecule has 0 spiro atoms. The molecule has 0 saturated heterocycles. The smallest absolute Gasteiger partial charge is 0.290 e. The third-order valence-electron chi connectivity index (χ3n) is 4.34. The molecule has 0 aliphatic carbocycles. The maximum Gasteiger partial charge on any atom is 0.290 e. The van der Waals surface area contributed by atoms with Crippen molar-refractivity contribution in [2.24, 2.45) is 5.10 Å². The Bertz CT molecular complexity index is 1230. The number of fused-ring (bicyclic) bond motifs is 1. The van der Waals surface area contributed by atoms with E-state index in [9.17, 15) is 9.59 Å². The highest BCUT2D eigenvalue weighted by molar-refractivity contribution is 7.15. The summed E-state index contributed by atoms with van der Waals surface area (Å²) in [5, 5.41) is 8.64. The van der Waals surface area contributed by atoms with Crippen molar-refractivity contribution in [2.75, 3.05) is 11.9 Å². The molecule has 156 valence electrons. The molecule has 0 saturated carbocycles. The van der Waals surface area contributed by atoms with Crippen LogP contribution in [0.5, 0.6) is 5.75 Å². The molecule has 2 aromatic heterocycles. The number of nitrogens with zero attached hydrogens (tertiary/aromatic N) is 3. The highest BCUT2D eigenvalue weighted by atomic mass is 32.1. The second-order valence-corrected chi connectivity index (χ2v) is 7.45. The van der Waals surface area contributed by atoms with Crippen LogP contribution in [0.4, 0.5) is 5.69 Å². The van der Waals surface area contributed by atoms with Crippen molar-refractivity contribution < 1.29 is 14.3 Å². The highest BCUT2D eigenvalue weighted by Gasteiger charge is 2.16. The first-order chi connectivity index (χ1) is 15.1. The van der Waals surface area contributed by atoms with Crippen LogP contribution < -0.4 is 15.5 Å². The van der Waals surface area contributed by atoms with Gasteiger partial charge in [-0.05, 0) is 48.9 Å². The summed E-state index contributed by atoms with van der Waals surface area (Å²) in [5.74, 6) is -0.0161. The first-order valence-electron chi connectivity index (χ1n) is 9.43. The third-order valence-corrected chi connectivity index (χ3v) is 5.10. The van der Waals surface area contributed by atoms with Crippen LogP contribution in [0, 0.1) is 6.92 Å². The fourth-order valence-electron chi connectivity index (χ4n) is 2.90. The van der Waals surface area contributed by atoms with Gasteiger partial charge >= 0.3 is 0 Å². The summed E-state index contributed by atoms with van der Waals surface area (Å²) in [5.41, 5.74) is 5.13. The van der Waals surface area contributed by atoms with E-state index in [1.807, 2.05) is 35.7 Å². The minimum atomic E-state index is -0.330. The number of rotatable bonds is 7. The molecule has 0 aliphatic heterocycles. The number of amides is 2. The van der Waals surface area contributed by atoms with E-state index < -0.39 is 0 Å². The van der Waals surface area contributed by atoms with Crippen LogP contribution in [-0.2, 0) is 4.79 Å². The summed E-state index contributed by atoms with van der Waals surface area (Å²) in [6.45, 7) is 1.69. The van der Waals surface area contributed by atoms with Crippen molar-refractivity contribution >= 4 is 40.0 Å². The number of thiazole rings is 1. The summed E-state index contributed by atoms with van der Waals surface area (Å²) in [6, 6.07) is 16.2. The Kier molecular flexibility index (Phi) is 6.04. The highest BCUT2D eigenvalue weighted by Crippen LogP contribution is 2.16. The van der Waals surface area contributed by atoms with Gasteiger partial charge in [0.2, 0.25) is 0 Å². The zero-order chi connectivity index (χ0) is 21.6. The Morgan fingerprint density at radius 3 is 2.71 bits per heavy atom. The zero-order valence-electron chi connectivity index (χ0n) is 16.6. The largest absolute Gasteiger partial charge is 0.484 e. The Balaban J connectivity index is 1.28. The number of aryl methyl sites for hydroxylation is 1. The van der Waals surface area contributed by atoms with Crippen molar-refractivity contribution in [1.29, 1.82) is 0 Å². The number of ether oxygens (including phenoxy) is 1. The van der Waals surface area contributed by atoms with Crippen LogP contribution in [0.1, 0.15) is 21.7 Å². The minimum absolute atomic E-state index is 0.0971. The number of nitrogens with one attached hydrogen (secondary N) is 2. The normalized spacial score (nSPS) is 11.0. The fourth-order valence-corrected chi connectivity index (χ4v) is 3.66. The van der Waals surface area contributed by atoms with Crippen LogP contribution in [0.15, 0.2) is 71.3 Å². The third kappa shape index (κ3) is 4.96. The lowest BCUT2D eigenvalue weighted by Gasteiger charge is -2.07. The maximum absolute atomic E-state index is 12.4. The number of hydrogen-bond acceptors (Lipinski definition) is 6. The standard InChI is InChI=1S/C22H19N5O3S/c1-15-20(27-11-12-31-22(27)24-15)21(29)26-23-13-16-7-9-18(10-8-16)30-14-19(28)25-17-5-3-2-4-6-17/h2-13H,14H2,1H3,(H,25,28)(H,26,29)/b23-13-. The van der Waals surface area contributed by atoms with E-state index in [1.165, 1.54) is 17.6 Å². The van der Waals surface area contributed by atoms with Gasteiger partial charge in [-0.3, -0.25) is 14.0 Å². The second-order valence-electron chi connectivity index (χ2n) is 6.57. The van der Waals surface area contributed by atoms with Crippen molar-refractivity contribution in [3.63, 3.8) is 0 Å². The Labute approximate surface area is 182 Å². The molecule has 0 aliphatic rings. The van der Waals surface area contributed by atoms with Gasteiger partial charge in [0.1, 0.15) is 11.4 Å². The second kappa shape index (κ2) is 9.23. The number of hydrazone groups is 1. The number of benzene rings is 2. The van der Waals surface area contributed by atoms with Gasteiger partial charge in [-0.25, -0.2) is 10.4 Å². The molecule has 4 rings (SSSR count). The molecule has 2 N–H and O–H groups in total. The van der Waals surface area contributed by atoms with Crippen LogP contribution in [-0.4, -0.2) is 34.0 Å². The molecule has 0 unspecified atom stereocenters. The minimum Gasteiger partial charge on any atom is -0.484 e. The van der Waals surface area contributed by atoms with Gasteiger partial charge in [-0.15, -0.1) is 11.3 Å². The topological polar surface area (TPSA) is 97.1 Å². The van der Waals surface area contributed by atoms with E-state index in [0.717, 1.165) is 16.2 Å². The maximum atomic E-state index is 12.4. The average molecular weight is 433 g/mol. The first kappa shape index (κ1) is 20.3. The lowest BCUT2D eigenvalue weighted by molar-refractivity contribution is -0.118. The Morgan fingerprint density at radius 1 is 1.16 bits per heavy atom. The van der Waals surface area contributed by atoms with Gasteiger partial charge < -0.3 is 10.1 Å². The molecule has 2 heterocycles. The molecule has 31 heavy (non-hydrogen) atoms. The number of anilines is 1. The Hall–Kier alpha value is -3.98. The molecule has 4 aromatic rings. The van der Waals surface area contributed by atoms with Gasteiger partial charge in [0.15, 0.2) is 11.6 Å². The number of hydrogen-bond donors (Lipinski definition) is 2. The van der Waals surface area contributed by atoms with Crippen molar-refractivity contribution in [3.05, 3.63) is 83.1 Å². The van der Waals surface area contributed by atoms with Crippen molar-refractivity contribution in [3.8, 4) is 5.75 Å². The summed E-state index contributed by atoms with van der Waals surface area (Å²) in [7, 11) is 0. The monoisotopic (exact) mass is 433 g/mol. The lowest BCUT2D eigenvalue weighted by atomic mass is 10.2. The molecular weight excluding hydrogens is 414 g/mol. The average Bonchev–Trinajstić information content (AvgIpc) is 3.33. The molecule has 0 radical (unpaired) electrons. The van der Waals surface area contributed by atoms with Crippen molar-refractivity contribution in [1.82, 2.24) is 14.8 Å². The summed E-state index contributed by atoms with van der Waals surface area (Å²) in [6.07, 6.45) is 3.34. The number of carbonyl (C=O) groups is 2. The molecule has 9 heteroatoms. The van der Waals surface area contributed by atoms with Gasteiger partial charge in [0.05, 0.1) is 11.9 Å². The lowest BCUT2D eigenvalue weighted by Crippen LogP contribution is -2.20. The van der Waals surface area contributed by atoms with Gasteiger partial charge in [-0.1, -0.05) is 18.2 Å². The predicted molar refractivity (Wildman–Crippen MR) is 120 cm³/mol. The van der Waals surface area contributed by atoms with Crippen molar-refractivity contribution in [2.45, 2.75) is 6.92 Å². The van der Waals surface area contributed by atoms with Gasteiger partial charge in [0, 0.05) is 17.3 Å². The van der Waals surface area contributed by atoms with E-state index in [2.05, 4.69) is 20.8 Å². The van der Waals surface area contributed by atoms with E-state index in [4.69, 9.17) is 4.74 Å². The molecule has 0 atom stereocenters. The summed E-state index contributed by atoms with van der Waals surface area (Å²) < 4.78 is 7.24. The van der Waals surface area contributed by atoms with E-state index in [-0.39, 0.29) is 18.4 Å². The van der Waals surface area contributed by atoms with Gasteiger partial charge in [0.25, 0.3) is 11.8 Å². The number of carbonyl (C=O) groups excluding carboxylic acids is 2. The number of para-hydroxylation sites is 1. The molecular formula is C22H19N5O3S. The Morgan fingerprint density at radius 2 is 1.94 bits per heavy atom. The quantitative estimate of drug-likeness (QED) is 0.344. The zero-order valence-corrected chi connectivity index (χ0v) is 17.4. The molecule has 2 aromatic carbocycles. The summed E-state index contributed by atoms with van der Waals surface area (Å²) >= 11 is 1.46. The molecule has 0 fully saturated rings. The molecule has 8 nitrogen and oxygen atoms in total.